The van der Waals surface area contributed by atoms with Crippen molar-refractivity contribution >= 4 is 34.0 Å². The van der Waals surface area contributed by atoms with Crippen LogP contribution in [0.3, 0.4) is 0 Å². The number of nitro groups is 1. The Kier molecular flexibility index (Phi) is 5.66. The molecule has 0 N–H and O–H groups in total. The SMILES string of the molecule is CC(Cc1cncc2ccccc12)C(=O)OCc1ccc(Cl)c([N+](=O)[O-])c1. The summed E-state index contributed by atoms with van der Waals surface area (Å²) in [6, 6.07) is 12.2. The van der Waals surface area contributed by atoms with Crippen LogP contribution < -0.4 is 0 Å². The Labute approximate surface area is 160 Å². The summed E-state index contributed by atoms with van der Waals surface area (Å²) in [5.41, 5.74) is 1.28. The van der Waals surface area contributed by atoms with Crippen molar-refractivity contribution in [3.63, 3.8) is 0 Å². The maximum atomic E-state index is 12.3. The zero-order valence-electron chi connectivity index (χ0n) is 14.6. The first-order valence-electron chi connectivity index (χ1n) is 8.37. The lowest BCUT2D eigenvalue weighted by Crippen LogP contribution is -2.17. The number of hydrogen-bond donors (Lipinski definition) is 0. The largest absolute Gasteiger partial charge is 0.461 e. The van der Waals surface area contributed by atoms with Gasteiger partial charge in [-0.15, -0.1) is 0 Å². The zero-order chi connectivity index (χ0) is 19.4. The average Bonchev–Trinajstić information content (AvgIpc) is 2.67. The lowest BCUT2D eigenvalue weighted by atomic mass is 9.98. The summed E-state index contributed by atoms with van der Waals surface area (Å²) in [5.74, 6) is -0.750. The number of pyridine rings is 1. The fraction of sp³-hybridized carbons (Fsp3) is 0.200. The average molecular weight is 385 g/mol. The van der Waals surface area contributed by atoms with Crippen LogP contribution in [0.4, 0.5) is 5.69 Å². The highest BCUT2D eigenvalue weighted by Gasteiger charge is 2.18. The number of halogens is 1. The molecule has 0 bridgehead atoms. The molecule has 0 fully saturated rings. The van der Waals surface area contributed by atoms with Crippen molar-refractivity contribution in [3.8, 4) is 0 Å². The Balaban J connectivity index is 1.66. The standard InChI is InChI=1S/C20H17ClN2O4/c1-13(8-16-11-22-10-15-4-2-3-5-17(15)16)20(24)27-12-14-6-7-18(21)19(9-14)23(25)26/h2-7,9-11,13H,8,12H2,1H3. The second-order valence-electron chi connectivity index (χ2n) is 6.28. The number of rotatable bonds is 6. The number of esters is 1. The topological polar surface area (TPSA) is 82.3 Å². The summed E-state index contributed by atoms with van der Waals surface area (Å²) in [6.07, 6.45) is 4.04. The van der Waals surface area contributed by atoms with Gasteiger partial charge in [-0.3, -0.25) is 19.9 Å². The highest BCUT2D eigenvalue weighted by molar-refractivity contribution is 6.32. The van der Waals surface area contributed by atoms with Crippen LogP contribution in [0.1, 0.15) is 18.1 Å². The van der Waals surface area contributed by atoms with E-state index in [0.717, 1.165) is 16.3 Å². The molecule has 0 spiro atoms. The summed E-state index contributed by atoms with van der Waals surface area (Å²) < 4.78 is 5.32. The fourth-order valence-corrected chi connectivity index (χ4v) is 3.03. The summed E-state index contributed by atoms with van der Waals surface area (Å²) in [6.45, 7) is 1.74. The maximum absolute atomic E-state index is 12.3. The van der Waals surface area contributed by atoms with Crippen LogP contribution in [0.5, 0.6) is 0 Å². The van der Waals surface area contributed by atoms with E-state index in [2.05, 4.69) is 4.98 Å². The maximum Gasteiger partial charge on any atom is 0.309 e. The van der Waals surface area contributed by atoms with Gasteiger partial charge < -0.3 is 4.74 Å². The lowest BCUT2D eigenvalue weighted by Gasteiger charge is -2.13. The summed E-state index contributed by atoms with van der Waals surface area (Å²) >= 11 is 5.79. The first-order chi connectivity index (χ1) is 13.0. The third-order valence-corrected chi connectivity index (χ3v) is 4.59. The number of aromatic nitrogens is 1. The number of nitro benzene ring substituents is 1. The van der Waals surface area contributed by atoms with Crippen molar-refractivity contribution in [2.24, 2.45) is 5.92 Å². The molecule has 0 saturated carbocycles. The molecule has 0 amide bonds. The van der Waals surface area contributed by atoms with E-state index in [0.29, 0.717) is 12.0 Å². The third-order valence-electron chi connectivity index (χ3n) is 4.27. The zero-order valence-corrected chi connectivity index (χ0v) is 15.3. The van der Waals surface area contributed by atoms with E-state index in [4.69, 9.17) is 16.3 Å². The van der Waals surface area contributed by atoms with E-state index in [9.17, 15) is 14.9 Å². The van der Waals surface area contributed by atoms with Crippen LogP contribution in [-0.4, -0.2) is 15.9 Å². The Morgan fingerprint density at radius 2 is 2.04 bits per heavy atom. The molecule has 1 atom stereocenters. The van der Waals surface area contributed by atoms with E-state index in [1.54, 1.807) is 25.4 Å². The van der Waals surface area contributed by atoms with Gasteiger partial charge in [-0.1, -0.05) is 48.9 Å². The van der Waals surface area contributed by atoms with Crippen molar-refractivity contribution in [2.45, 2.75) is 20.0 Å². The summed E-state index contributed by atoms with van der Waals surface area (Å²) in [4.78, 5) is 26.9. The molecular formula is C20H17ClN2O4. The Bertz CT molecular complexity index is 1000. The van der Waals surface area contributed by atoms with Gasteiger partial charge in [0.2, 0.25) is 0 Å². The van der Waals surface area contributed by atoms with Gasteiger partial charge in [0, 0.05) is 23.8 Å². The molecule has 0 aliphatic heterocycles. The summed E-state index contributed by atoms with van der Waals surface area (Å²) in [7, 11) is 0. The van der Waals surface area contributed by atoms with Crippen molar-refractivity contribution in [2.75, 3.05) is 0 Å². The van der Waals surface area contributed by atoms with Crippen molar-refractivity contribution < 1.29 is 14.5 Å². The van der Waals surface area contributed by atoms with E-state index in [-0.39, 0.29) is 29.2 Å². The highest BCUT2D eigenvalue weighted by atomic mass is 35.5. The molecule has 3 aromatic rings. The monoisotopic (exact) mass is 384 g/mol. The number of ether oxygens (including phenoxy) is 1. The molecule has 3 rings (SSSR count). The number of carbonyl (C=O) groups is 1. The Hall–Kier alpha value is -2.99. The van der Waals surface area contributed by atoms with Gasteiger partial charge in [0.05, 0.1) is 10.8 Å². The van der Waals surface area contributed by atoms with Gasteiger partial charge >= 0.3 is 5.97 Å². The van der Waals surface area contributed by atoms with Crippen LogP contribution >= 0.6 is 11.6 Å². The minimum absolute atomic E-state index is 0.0467. The van der Waals surface area contributed by atoms with Gasteiger partial charge in [-0.2, -0.15) is 0 Å². The number of carbonyl (C=O) groups excluding carboxylic acids is 1. The minimum atomic E-state index is -0.566. The predicted octanol–water partition coefficient (Wildman–Crippen LogP) is 4.72. The van der Waals surface area contributed by atoms with Crippen molar-refractivity contribution in [3.05, 3.63) is 81.1 Å². The van der Waals surface area contributed by atoms with Gasteiger partial charge in [-0.25, -0.2) is 0 Å². The molecule has 0 aliphatic carbocycles. The van der Waals surface area contributed by atoms with E-state index < -0.39 is 4.92 Å². The second-order valence-corrected chi connectivity index (χ2v) is 6.68. The first kappa shape index (κ1) is 18.8. The van der Waals surface area contributed by atoms with Gasteiger partial charge in [0.15, 0.2) is 0 Å². The summed E-state index contributed by atoms with van der Waals surface area (Å²) in [5, 5.41) is 13.1. The molecule has 6 nitrogen and oxygen atoms in total. The van der Waals surface area contributed by atoms with E-state index >= 15 is 0 Å². The molecule has 0 radical (unpaired) electrons. The number of benzene rings is 2. The molecule has 1 aromatic heterocycles. The van der Waals surface area contributed by atoms with Crippen LogP contribution in [0.15, 0.2) is 54.9 Å². The van der Waals surface area contributed by atoms with Crippen LogP contribution in [-0.2, 0) is 22.6 Å². The van der Waals surface area contributed by atoms with Gasteiger partial charge in [0.25, 0.3) is 5.69 Å². The molecule has 138 valence electrons. The molecule has 1 unspecified atom stereocenters. The smallest absolute Gasteiger partial charge is 0.309 e. The van der Waals surface area contributed by atoms with Gasteiger partial charge in [0.1, 0.15) is 11.6 Å². The van der Waals surface area contributed by atoms with E-state index in [1.807, 2.05) is 24.3 Å². The highest BCUT2D eigenvalue weighted by Crippen LogP contribution is 2.26. The van der Waals surface area contributed by atoms with Crippen molar-refractivity contribution in [1.29, 1.82) is 0 Å². The van der Waals surface area contributed by atoms with Crippen LogP contribution in [0.25, 0.3) is 10.8 Å². The Morgan fingerprint density at radius 3 is 2.81 bits per heavy atom. The molecule has 0 aliphatic rings. The molecular weight excluding hydrogens is 368 g/mol. The molecule has 1 heterocycles. The minimum Gasteiger partial charge on any atom is -0.461 e. The predicted molar refractivity (Wildman–Crippen MR) is 103 cm³/mol. The molecule has 7 heteroatoms. The number of fused-ring (bicyclic) bond motifs is 1. The fourth-order valence-electron chi connectivity index (χ4n) is 2.84. The lowest BCUT2D eigenvalue weighted by molar-refractivity contribution is -0.384. The van der Waals surface area contributed by atoms with Crippen LogP contribution in [0, 0.1) is 16.0 Å². The third kappa shape index (κ3) is 4.41. The Morgan fingerprint density at radius 1 is 1.26 bits per heavy atom. The molecule has 2 aromatic carbocycles. The quantitative estimate of drug-likeness (QED) is 0.349. The second kappa shape index (κ2) is 8.14. The van der Waals surface area contributed by atoms with Crippen LogP contribution in [0.2, 0.25) is 5.02 Å². The molecule has 27 heavy (non-hydrogen) atoms. The van der Waals surface area contributed by atoms with Crippen molar-refractivity contribution in [1.82, 2.24) is 4.98 Å². The normalized spacial score (nSPS) is 11.9. The van der Waals surface area contributed by atoms with Gasteiger partial charge in [-0.05, 0) is 29.0 Å². The van der Waals surface area contributed by atoms with E-state index in [1.165, 1.54) is 12.1 Å². The number of hydrogen-bond acceptors (Lipinski definition) is 5. The molecule has 0 saturated heterocycles. The number of nitrogens with zero attached hydrogens (tertiary/aromatic N) is 2. The first-order valence-corrected chi connectivity index (χ1v) is 8.74.